The van der Waals surface area contributed by atoms with E-state index in [9.17, 15) is 0 Å². The van der Waals surface area contributed by atoms with Crippen LogP contribution >= 0.6 is 0 Å². The van der Waals surface area contributed by atoms with E-state index in [0.717, 1.165) is 51.0 Å². The van der Waals surface area contributed by atoms with Crippen LogP contribution in [0, 0.1) is 5.92 Å². The van der Waals surface area contributed by atoms with Gasteiger partial charge in [-0.15, -0.1) is 0 Å². The number of piperidine rings is 1. The van der Waals surface area contributed by atoms with Gasteiger partial charge in [-0.3, -0.25) is 4.90 Å². The van der Waals surface area contributed by atoms with Gasteiger partial charge in [-0.05, 0) is 70.0 Å². The van der Waals surface area contributed by atoms with Crippen LogP contribution in [0.5, 0.6) is 11.5 Å². The molecule has 2 saturated heterocycles. The number of nitrogens with zero attached hydrogens (tertiary/aromatic N) is 2. The maximum atomic E-state index is 5.98. The largest absolute Gasteiger partial charge is 0.497 e. The highest BCUT2D eigenvalue weighted by molar-refractivity contribution is 5.31. The Bertz CT molecular complexity index is 533. The first-order valence-corrected chi connectivity index (χ1v) is 9.89. The van der Waals surface area contributed by atoms with E-state index in [1.54, 1.807) is 7.11 Å². The molecular weight excluding hydrogens is 328 g/mol. The van der Waals surface area contributed by atoms with Gasteiger partial charge in [0, 0.05) is 25.2 Å². The van der Waals surface area contributed by atoms with Crippen LogP contribution in [-0.4, -0.2) is 75.0 Å². The summed E-state index contributed by atoms with van der Waals surface area (Å²) in [7, 11) is 1.68. The smallest absolute Gasteiger partial charge is 0.119 e. The Morgan fingerprint density at radius 3 is 2.23 bits per heavy atom. The zero-order valence-electron chi connectivity index (χ0n) is 16.6. The molecule has 2 aliphatic rings. The maximum absolute atomic E-state index is 5.98. The van der Waals surface area contributed by atoms with Gasteiger partial charge in [0.05, 0.1) is 26.9 Å². The van der Waals surface area contributed by atoms with Crippen LogP contribution in [-0.2, 0) is 4.74 Å². The van der Waals surface area contributed by atoms with Gasteiger partial charge in [-0.25, -0.2) is 0 Å². The molecule has 0 bridgehead atoms. The van der Waals surface area contributed by atoms with Crippen LogP contribution in [0.1, 0.15) is 26.7 Å². The average molecular weight is 363 g/mol. The number of likely N-dealkylation sites (tertiary alicyclic amines) is 1. The summed E-state index contributed by atoms with van der Waals surface area (Å²) in [6.45, 7) is 12.9. The second-order valence-corrected chi connectivity index (χ2v) is 8.12. The van der Waals surface area contributed by atoms with Crippen LogP contribution in [0.15, 0.2) is 24.3 Å². The molecule has 0 aliphatic carbocycles. The molecule has 0 amide bonds. The SMILES string of the molecule is COc1ccc(OCC2CCN(CC(C)(C)N3CCOCC3)CC2)cc1. The molecule has 2 fully saturated rings. The van der Waals surface area contributed by atoms with Crippen LogP contribution in [0.4, 0.5) is 0 Å². The number of benzene rings is 1. The van der Waals surface area contributed by atoms with E-state index in [1.807, 2.05) is 24.3 Å². The summed E-state index contributed by atoms with van der Waals surface area (Å²) in [5, 5.41) is 0. The minimum Gasteiger partial charge on any atom is -0.497 e. The molecule has 0 radical (unpaired) electrons. The fraction of sp³-hybridized carbons (Fsp3) is 0.714. The zero-order valence-corrected chi connectivity index (χ0v) is 16.6. The van der Waals surface area contributed by atoms with Gasteiger partial charge in [0.2, 0.25) is 0 Å². The van der Waals surface area contributed by atoms with Crippen LogP contribution in [0.2, 0.25) is 0 Å². The van der Waals surface area contributed by atoms with Gasteiger partial charge in [0.15, 0.2) is 0 Å². The third kappa shape index (κ3) is 5.35. The van der Waals surface area contributed by atoms with E-state index in [-0.39, 0.29) is 5.54 Å². The van der Waals surface area contributed by atoms with Crippen molar-refractivity contribution in [2.45, 2.75) is 32.2 Å². The van der Waals surface area contributed by atoms with E-state index in [1.165, 1.54) is 25.9 Å². The molecule has 0 saturated carbocycles. The minimum atomic E-state index is 0.218. The molecule has 1 aromatic carbocycles. The number of hydrogen-bond acceptors (Lipinski definition) is 5. The molecule has 2 aliphatic heterocycles. The molecule has 26 heavy (non-hydrogen) atoms. The highest BCUT2D eigenvalue weighted by Gasteiger charge is 2.31. The van der Waals surface area contributed by atoms with Crippen molar-refractivity contribution in [2.75, 3.05) is 59.7 Å². The molecule has 0 aromatic heterocycles. The Morgan fingerprint density at radius 1 is 1.00 bits per heavy atom. The van der Waals surface area contributed by atoms with Crippen molar-refractivity contribution < 1.29 is 14.2 Å². The summed E-state index contributed by atoms with van der Waals surface area (Å²) in [4.78, 5) is 5.20. The highest BCUT2D eigenvalue weighted by Crippen LogP contribution is 2.24. The first-order chi connectivity index (χ1) is 12.6. The van der Waals surface area contributed by atoms with Crippen molar-refractivity contribution in [3.63, 3.8) is 0 Å². The van der Waals surface area contributed by atoms with E-state index in [2.05, 4.69) is 23.6 Å². The Labute approximate surface area is 158 Å². The predicted molar refractivity (Wildman–Crippen MR) is 104 cm³/mol. The third-order valence-corrected chi connectivity index (χ3v) is 5.73. The van der Waals surface area contributed by atoms with Crippen LogP contribution < -0.4 is 9.47 Å². The molecule has 3 rings (SSSR count). The zero-order chi connectivity index (χ0) is 18.4. The van der Waals surface area contributed by atoms with Crippen molar-refractivity contribution in [3.8, 4) is 11.5 Å². The highest BCUT2D eigenvalue weighted by atomic mass is 16.5. The summed E-state index contributed by atoms with van der Waals surface area (Å²) in [6.07, 6.45) is 2.44. The molecule has 146 valence electrons. The Hall–Kier alpha value is -1.30. The van der Waals surface area contributed by atoms with E-state index >= 15 is 0 Å². The maximum Gasteiger partial charge on any atom is 0.119 e. The van der Waals surface area contributed by atoms with Crippen molar-refractivity contribution in [2.24, 2.45) is 5.92 Å². The Balaban J connectivity index is 1.39. The molecule has 5 heteroatoms. The van der Waals surface area contributed by atoms with Crippen molar-refractivity contribution in [1.82, 2.24) is 9.80 Å². The number of hydrogen-bond donors (Lipinski definition) is 0. The fourth-order valence-corrected chi connectivity index (χ4v) is 4.01. The topological polar surface area (TPSA) is 34.2 Å². The molecule has 1 aromatic rings. The summed E-state index contributed by atoms with van der Waals surface area (Å²) >= 11 is 0. The minimum absolute atomic E-state index is 0.218. The molecule has 0 spiro atoms. The van der Waals surface area contributed by atoms with E-state index < -0.39 is 0 Å². The van der Waals surface area contributed by atoms with E-state index in [0.29, 0.717) is 5.92 Å². The molecule has 0 unspecified atom stereocenters. The standard InChI is InChI=1S/C21H34N2O3/c1-21(2,23-12-14-25-15-13-23)17-22-10-8-18(9-11-22)16-26-20-6-4-19(24-3)5-7-20/h4-7,18H,8-17H2,1-3H3. The van der Waals surface area contributed by atoms with Crippen molar-refractivity contribution in [1.29, 1.82) is 0 Å². The Morgan fingerprint density at radius 2 is 1.62 bits per heavy atom. The third-order valence-electron chi connectivity index (χ3n) is 5.73. The number of ether oxygens (including phenoxy) is 3. The van der Waals surface area contributed by atoms with Gasteiger partial charge in [0.25, 0.3) is 0 Å². The molecule has 5 nitrogen and oxygen atoms in total. The number of methoxy groups -OCH3 is 1. The summed E-state index contributed by atoms with van der Waals surface area (Å²) in [5.74, 6) is 2.45. The normalized spacial score (nSPS) is 20.9. The van der Waals surface area contributed by atoms with Gasteiger partial charge < -0.3 is 19.1 Å². The number of morpholine rings is 1. The average Bonchev–Trinajstić information content (AvgIpc) is 2.68. The first kappa shape index (κ1) is 19.5. The molecule has 2 heterocycles. The monoisotopic (exact) mass is 362 g/mol. The molecule has 0 atom stereocenters. The Kier molecular flexibility index (Phi) is 6.79. The second kappa shape index (κ2) is 9.07. The summed E-state index contributed by atoms with van der Waals surface area (Å²) in [5.41, 5.74) is 0.218. The second-order valence-electron chi connectivity index (χ2n) is 8.12. The first-order valence-electron chi connectivity index (χ1n) is 9.89. The van der Waals surface area contributed by atoms with Crippen LogP contribution in [0.25, 0.3) is 0 Å². The van der Waals surface area contributed by atoms with Gasteiger partial charge in [-0.1, -0.05) is 0 Å². The lowest BCUT2D eigenvalue weighted by Gasteiger charge is -2.45. The lowest BCUT2D eigenvalue weighted by atomic mass is 9.94. The fourth-order valence-electron chi connectivity index (χ4n) is 4.01. The van der Waals surface area contributed by atoms with Gasteiger partial charge >= 0.3 is 0 Å². The lowest BCUT2D eigenvalue weighted by molar-refractivity contribution is -0.0254. The van der Waals surface area contributed by atoms with E-state index in [4.69, 9.17) is 14.2 Å². The number of rotatable bonds is 7. The summed E-state index contributed by atoms with van der Waals surface area (Å²) in [6, 6.07) is 7.87. The van der Waals surface area contributed by atoms with Crippen molar-refractivity contribution in [3.05, 3.63) is 24.3 Å². The quantitative estimate of drug-likeness (QED) is 0.745. The predicted octanol–water partition coefficient (Wildman–Crippen LogP) is 2.90. The van der Waals surface area contributed by atoms with Crippen LogP contribution in [0.3, 0.4) is 0 Å². The van der Waals surface area contributed by atoms with Crippen molar-refractivity contribution >= 4 is 0 Å². The molecular formula is C21H34N2O3. The summed E-state index contributed by atoms with van der Waals surface area (Å²) < 4.78 is 16.7. The van der Waals surface area contributed by atoms with Gasteiger partial charge in [0.1, 0.15) is 11.5 Å². The molecule has 0 N–H and O–H groups in total. The lowest BCUT2D eigenvalue weighted by Crippen LogP contribution is -2.56. The van der Waals surface area contributed by atoms with Gasteiger partial charge in [-0.2, -0.15) is 0 Å².